The summed E-state index contributed by atoms with van der Waals surface area (Å²) in [6.07, 6.45) is 4.73. The number of hydrogen-bond acceptors (Lipinski definition) is 4. The van der Waals surface area contributed by atoms with Gasteiger partial charge in [0.2, 0.25) is 11.8 Å². The molecule has 1 heterocycles. The molecule has 0 bridgehead atoms. The second kappa shape index (κ2) is 4.68. The first kappa shape index (κ1) is 12.4. The Hall–Kier alpha value is -1.04. The van der Waals surface area contributed by atoms with Crippen molar-refractivity contribution in [3.63, 3.8) is 0 Å². The van der Waals surface area contributed by atoms with Crippen LogP contribution in [0.4, 0.5) is 4.79 Å². The number of rotatable bonds is 2. The molecule has 3 atom stereocenters. The topological polar surface area (TPSA) is 66.5 Å². The highest BCUT2D eigenvalue weighted by Gasteiger charge is 2.43. The van der Waals surface area contributed by atoms with Crippen LogP contribution in [0.1, 0.15) is 26.2 Å². The van der Waals surface area contributed by atoms with Gasteiger partial charge in [-0.15, -0.1) is 0 Å². The van der Waals surface area contributed by atoms with Crippen molar-refractivity contribution in [2.45, 2.75) is 37.5 Å². The monoisotopic (exact) mass is 256 g/mol. The van der Waals surface area contributed by atoms with Crippen LogP contribution in [-0.4, -0.2) is 40.3 Å². The SMILES string of the molecule is CSC1CCC(N2C(=O)NC(=O)C(C)C2=O)C1. The lowest BCUT2D eigenvalue weighted by atomic mass is 10.1. The van der Waals surface area contributed by atoms with E-state index in [1.54, 1.807) is 11.8 Å². The van der Waals surface area contributed by atoms with Crippen LogP contribution in [0.3, 0.4) is 0 Å². The van der Waals surface area contributed by atoms with Gasteiger partial charge in [0.05, 0.1) is 0 Å². The standard InChI is InChI=1S/C11H16N2O3S/c1-6-9(14)12-11(16)13(10(6)15)7-3-4-8(5-7)17-2/h6-8H,3-5H2,1-2H3,(H,12,14,16). The van der Waals surface area contributed by atoms with E-state index in [1.165, 1.54) is 11.8 Å². The fraction of sp³-hybridized carbons (Fsp3) is 0.727. The van der Waals surface area contributed by atoms with E-state index in [1.807, 2.05) is 6.26 Å². The van der Waals surface area contributed by atoms with Gasteiger partial charge in [-0.25, -0.2) is 4.79 Å². The van der Waals surface area contributed by atoms with Gasteiger partial charge in [0.1, 0.15) is 5.92 Å². The highest BCUT2D eigenvalue weighted by Crippen LogP contribution is 2.32. The normalized spacial score (nSPS) is 34.1. The molecular weight excluding hydrogens is 240 g/mol. The summed E-state index contributed by atoms with van der Waals surface area (Å²) in [5.41, 5.74) is 0. The zero-order valence-electron chi connectivity index (χ0n) is 9.93. The third-order valence-electron chi connectivity index (χ3n) is 3.51. The number of hydrogen-bond donors (Lipinski definition) is 1. The lowest BCUT2D eigenvalue weighted by molar-refractivity contribution is -0.143. The smallest absolute Gasteiger partial charge is 0.277 e. The number of amides is 4. The first-order chi connectivity index (χ1) is 8.04. The zero-order chi connectivity index (χ0) is 12.6. The van der Waals surface area contributed by atoms with Gasteiger partial charge < -0.3 is 0 Å². The lowest BCUT2D eigenvalue weighted by Crippen LogP contribution is -2.59. The van der Waals surface area contributed by atoms with E-state index in [2.05, 4.69) is 5.32 Å². The van der Waals surface area contributed by atoms with E-state index in [-0.39, 0.29) is 11.9 Å². The highest BCUT2D eigenvalue weighted by atomic mass is 32.2. The molecule has 0 aromatic heterocycles. The van der Waals surface area contributed by atoms with Gasteiger partial charge in [0.15, 0.2) is 0 Å². The maximum atomic E-state index is 12.0. The highest BCUT2D eigenvalue weighted by molar-refractivity contribution is 7.99. The van der Waals surface area contributed by atoms with Crippen LogP contribution in [0.15, 0.2) is 0 Å². The van der Waals surface area contributed by atoms with Crippen LogP contribution >= 0.6 is 11.8 Å². The van der Waals surface area contributed by atoms with E-state index in [9.17, 15) is 14.4 Å². The first-order valence-electron chi connectivity index (χ1n) is 5.75. The molecule has 0 spiro atoms. The summed E-state index contributed by atoms with van der Waals surface area (Å²) in [5, 5.41) is 2.75. The van der Waals surface area contributed by atoms with Gasteiger partial charge >= 0.3 is 6.03 Å². The molecule has 5 nitrogen and oxygen atoms in total. The van der Waals surface area contributed by atoms with Gasteiger partial charge in [0.25, 0.3) is 0 Å². The minimum atomic E-state index is -0.749. The summed E-state index contributed by atoms with van der Waals surface area (Å²) in [6, 6.07) is -0.597. The summed E-state index contributed by atoms with van der Waals surface area (Å²) in [7, 11) is 0. The number of thioether (sulfide) groups is 1. The van der Waals surface area contributed by atoms with Gasteiger partial charge in [-0.05, 0) is 32.4 Å². The van der Waals surface area contributed by atoms with Crippen molar-refractivity contribution in [3.05, 3.63) is 0 Å². The minimum Gasteiger partial charge on any atom is -0.277 e. The summed E-state index contributed by atoms with van der Waals surface area (Å²) >= 11 is 1.77. The van der Waals surface area contributed by atoms with Crippen molar-refractivity contribution < 1.29 is 14.4 Å². The van der Waals surface area contributed by atoms with Crippen LogP contribution in [0.25, 0.3) is 0 Å². The third kappa shape index (κ3) is 2.18. The molecule has 1 N–H and O–H groups in total. The zero-order valence-corrected chi connectivity index (χ0v) is 10.8. The molecule has 1 saturated carbocycles. The largest absolute Gasteiger partial charge is 0.331 e. The van der Waals surface area contributed by atoms with E-state index < -0.39 is 17.9 Å². The molecule has 6 heteroatoms. The molecule has 2 rings (SSSR count). The molecule has 4 amide bonds. The Balaban J connectivity index is 2.12. The lowest BCUT2D eigenvalue weighted by Gasteiger charge is -2.32. The molecular formula is C11H16N2O3S. The van der Waals surface area contributed by atoms with E-state index >= 15 is 0 Å². The van der Waals surface area contributed by atoms with Crippen molar-refractivity contribution in [1.82, 2.24) is 10.2 Å². The maximum absolute atomic E-state index is 12.0. The van der Waals surface area contributed by atoms with Gasteiger partial charge in [-0.2, -0.15) is 11.8 Å². The Morgan fingerprint density at radius 2 is 2.00 bits per heavy atom. The molecule has 1 aliphatic heterocycles. The molecule has 0 aromatic rings. The molecule has 1 saturated heterocycles. The number of nitrogens with zero attached hydrogens (tertiary/aromatic N) is 1. The first-order valence-corrected chi connectivity index (χ1v) is 7.04. The van der Waals surface area contributed by atoms with Crippen molar-refractivity contribution in [2.24, 2.45) is 5.92 Å². The van der Waals surface area contributed by atoms with Crippen LogP contribution in [0.5, 0.6) is 0 Å². The molecule has 2 fully saturated rings. The van der Waals surface area contributed by atoms with Crippen LogP contribution in [-0.2, 0) is 9.59 Å². The average Bonchev–Trinajstić information content (AvgIpc) is 2.74. The second-order valence-electron chi connectivity index (χ2n) is 4.55. The summed E-state index contributed by atoms with van der Waals surface area (Å²) in [5.74, 6) is -1.60. The Morgan fingerprint density at radius 3 is 2.59 bits per heavy atom. The van der Waals surface area contributed by atoms with Gasteiger partial charge in [-0.1, -0.05) is 0 Å². The number of imide groups is 2. The molecule has 2 aliphatic rings. The van der Waals surface area contributed by atoms with Crippen molar-refractivity contribution in [2.75, 3.05) is 6.26 Å². The molecule has 0 radical (unpaired) electrons. The summed E-state index contributed by atoms with van der Waals surface area (Å²) in [6.45, 7) is 1.54. The molecule has 0 aromatic carbocycles. The quantitative estimate of drug-likeness (QED) is 0.748. The number of urea groups is 1. The molecule has 1 aliphatic carbocycles. The van der Waals surface area contributed by atoms with Crippen molar-refractivity contribution >= 4 is 29.6 Å². The van der Waals surface area contributed by atoms with Crippen molar-refractivity contribution in [3.8, 4) is 0 Å². The fourth-order valence-corrected chi connectivity index (χ4v) is 3.19. The predicted molar refractivity (Wildman–Crippen MR) is 64.5 cm³/mol. The number of carbonyl (C=O) groups is 3. The van der Waals surface area contributed by atoms with Crippen LogP contribution in [0, 0.1) is 5.92 Å². The summed E-state index contributed by atoms with van der Waals surface area (Å²) in [4.78, 5) is 36.2. The van der Waals surface area contributed by atoms with E-state index in [0.717, 1.165) is 19.3 Å². The Bertz CT molecular complexity index is 372. The molecule has 94 valence electrons. The average molecular weight is 256 g/mol. The number of carbonyl (C=O) groups excluding carboxylic acids is 3. The summed E-state index contributed by atoms with van der Waals surface area (Å²) < 4.78 is 0. The van der Waals surface area contributed by atoms with E-state index in [0.29, 0.717) is 5.25 Å². The molecule has 17 heavy (non-hydrogen) atoms. The number of nitrogens with one attached hydrogen (secondary N) is 1. The van der Waals surface area contributed by atoms with Crippen LogP contribution in [0.2, 0.25) is 0 Å². The van der Waals surface area contributed by atoms with Crippen molar-refractivity contribution in [1.29, 1.82) is 0 Å². The Morgan fingerprint density at radius 1 is 1.29 bits per heavy atom. The third-order valence-corrected chi connectivity index (χ3v) is 4.60. The van der Waals surface area contributed by atoms with Gasteiger partial charge in [0, 0.05) is 11.3 Å². The fourth-order valence-electron chi connectivity index (χ4n) is 2.41. The predicted octanol–water partition coefficient (Wildman–Crippen LogP) is 0.985. The second-order valence-corrected chi connectivity index (χ2v) is 5.69. The Kier molecular flexibility index (Phi) is 3.42. The maximum Gasteiger partial charge on any atom is 0.331 e. The van der Waals surface area contributed by atoms with Gasteiger partial charge in [-0.3, -0.25) is 19.8 Å². The number of barbiturate groups is 1. The Labute approximate surface area is 104 Å². The molecule has 3 unspecified atom stereocenters. The van der Waals surface area contributed by atoms with E-state index in [4.69, 9.17) is 0 Å². The minimum absolute atomic E-state index is 0.0458. The van der Waals surface area contributed by atoms with Crippen LogP contribution < -0.4 is 5.32 Å².